The molecule has 7 heteroatoms. The van der Waals surface area contributed by atoms with Crippen molar-refractivity contribution in [2.75, 3.05) is 0 Å². The summed E-state index contributed by atoms with van der Waals surface area (Å²) in [4.78, 5) is 25.2. The van der Waals surface area contributed by atoms with Crippen molar-refractivity contribution in [3.05, 3.63) is 64.9 Å². The summed E-state index contributed by atoms with van der Waals surface area (Å²) in [6.45, 7) is 5.23. The second-order valence-corrected chi connectivity index (χ2v) is 7.17. The number of aromatic hydroxyl groups is 1. The lowest BCUT2D eigenvalue weighted by molar-refractivity contribution is -0.140. The largest absolute Gasteiger partial charge is 0.505 e. The molecule has 2 aromatic carbocycles. The molecule has 0 fully saturated rings. The molecule has 0 spiro atoms. The Balaban J connectivity index is 2.35. The van der Waals surface area contributed by atoms with Crippen molar-refractivity contribution in [2.24, 2.45) is 5.92 Å². The van der Waals surface area contributed by atoms with E-state index in [1.165, 1.54) is 16.7 Å². The van der Waals surface area contributed by atoms with E-state index in [0.717, 1.165) is 24.3 Å². The Kier molecular flexibility index (Phi) is 5.42. The van der Waals surface area contributed by atoms with Crippen molar-refractivity contribution >= 4 is 22.8 Å². The third kappa shape index (κ3) is 3.48. The van der Waals surface area contributed by atoms with Crippen LogP contribution >= 0.6 is 0 Å². The Hall–Kier alpha value is -3.22. The number of carboxylic acid groups (broad SMARTS) is 1. The number of phenolic OH excluding ortho intramolecular Hbond substituents is 1. The molecule has 29 heavy (non-hydrogen) atoms. The number of halogens is 2. The smallest absolute Gasteiger partial charge is 0.311 e. The Morgan fingerprint density at radius 3 is 2.31 bits per heavy atom. The number of carbonyl (C=O) groups is 2. The maximum absolute atomic E-state index is 14.1. The highest BCUT2D eigenvalue weighted by atomic mass is 19.1. The number of benzene rings is 2. The summed E-state index contributed by atoms with van der Waals surface area (Å²) >= 11 is 0. The highest BCUT2D eigenvalue weighted by Gasteiger charge is 2.33. The minimum absolute atomic E-state index is 0.150. The number of phenols is 1. The molecule has 0 radical (unpaired) electrons. The maximum atomic E-state index is 14.1. The molecule has 0 amide bonds. The van der Waals surface area contributed by atoms with E-state index in [1.807, 2.05) is 6.92 Å². The Bertz CT molecular complexity index is 1100. The van der Waals surface area contributed by atoms with Crippen LogP contribution in [-0.2, 0) is 4.79 Å². The van der Waals surface area contributed by atoms with Crippen LogP contribution in [0.15, 0.2) is 36.4 Å². The van der Waals surface area contributed by atoms with E-state index in [4.69, 9.17) is 0 Å². The average Bonchev–Trinajstić information content (AvgIpc) is 2.93. The molecule has 3 aromatic rings. The first-order chi connectivity index (χ1) is 13.7. The van der Waals surface area contributed by atoms with Gasteiger partial charge < -0.3 is 10.2 Å². The van der Waals surface area contributed by atoms with Gasteiger partial charge in [0.1, 0.15) is 5.82 Å². The van der Waals surface area contributed by atoms with E-state index in [9.17, 15) is 28.6 Å². The van der Waals surface area contributed by atoms with Crippen molar-refractivity contribution in [3.8, 4) is 5.75 Å². The van der Waals surface area contributed by atoms with Crippen LogP contribution in [0.25, 0.3) is 10.9 Å². The predicted octanol–water partition coefficient (Wildman–Crippen LogP) is 4.84. The summed E-state index contributed by atoms with van der Waals surface area (Å²) in [7, 11) is 0. The minimum Gasteiger partial charge on any atom is -0.505 e. The van der Waals surface area contributed by atoms with Crippen LogP contribution in [0.2, 0.25) is 0 Å². The lowest BCUT2D eigenvalue weighted by atomic mass is 9.84. The summed E-state index contributed by atoms with van der Waals surface area (Å²) in [6.07, 6.45) is 0.572. The quantitative estimate of drug-likeness (QED) is 0.641. The van der Waals surface area contributed by atoms with Gasteiger partial charge >= 0.3 is 5.97 Å². The Labute approximate surface area is 166 Å². The minimum atomic E-state index is -1.07. The second-order valence-electron chi connectivity index (χ2n) is 7.17. The number of rotatable bonds is 5. The summed E-state index contributed by atoms with van der Waals surface area (Å²) < 4.78 is 28.6. The van der Waals surface area contributed by atoms with Gasteiger partial charge in [0.05, 0.1) is 11.4 Å². The van der Waals surface area contributed by atoms with Crippen LogP contribution in [0.3, 0.4) is 0 Å². The van der Waals surface area contributed by atoms with Gasteiger partial charge in [-0.15, -0.1) is 0 Å². The molecular weight excluding hydrogens is 380 g/mol. The van der Waals surface area contributed by atoms with Crippen LogP contribution in [-0.4, -0.2) is 26.7 Å². The lowest BCUT2D eigenvalue weighted by Crippen LogP contribution is -2.21. The molecule has 152 valence electrons. The van der Waals surface area contributed by atoms with E-state index in [2.05, 4.69) is 0 Å². The summed E-state index contributed by atoms with van der Waals surface area (Å²) in [5.41, 5.74) is 1.01. The number of nitrogens with zero attached hydrogens (tertiary/aromatic N) is 1. The second kappa shape index (κ2) is 7.66. The van der Waals surface area contributed by atoms with Crippen LogP contribution in [0.4, 0.5) is 8.78 Å². The number of aromatic nitrogens is 1. The van der Waals surface area contributed by atoms with Gasteiger partial charge in [-0.05, 0) is 48.7 Å². The topological polar surface area (TPSA) is 79.5 Å². The number of hydrogen-bond donors (Lipinski definition) is 2. The van der Waals surface area contributed by atoms with E-state index >= 15 is 0 Å². The van der Waals surface area contributed by atoms with Gasteiger partial charge in [0.25, 0.3) is 5.91 Å². The highest BCUT2D eigenvalue weighted by Crippen LogP contribution is 2.39. The standard InChI is InChI=1S/C22H21F2NO4/c1-4-11(2)19(22(28)29)20-12(3)25(17-10-16(24)18(26)9-15(17)20)21(27)13-5-7-14(23)8-6-13/h5-11,19,26H,4H2,1-3H3,(H,28,29). The van der Waals surface area contributed by atoms with E-state index < -0.39 is 35.2 Å². The molecule has 0 aliphatic rings. The van der Waals surface area contributed by atoms with E-state index in [-0.39, 0.29) is 17.0 Å². The molecule has 0 saturated heterocycles. The monoisotopic (exact) mass is 401 g/mol. The molecule has 1 heterocycles. The molecule has 3 rings (SSSR count). The molecule has 0 aliphatic heterocycles. The maximum Gasteiger partial charge on any atom is 0.311 e. The SMILES string of the molecule is CCC(C)C(C(=O)O)c1c(C)n(C(=O)c2ccc(F)cc2)c2cc(F)c(O)cc12. The molecule has 0 aliphatic carbocycles. The highest BCUT2D eigenvalue weighted by molar-refractivity contribution is 6.05. The van der Waals surface area contributed by atoms with Gasteiger partial charge in [-0.3, -0.25) is 14.2 Å². The normalized spacial score (nSPS) is 13.4. The zero-order chi connectivity index (χ0) is 21.5. The lowest BCUT2D eigenvalue weighted by Gasteiger charge is -2.20. The first-order valence-electron chi connectivity index (χ1n) is 9.23. The molecule has 1 aromatic heterocycles. The summed E-state index contributed by atoms with van der Waals surface area (Å²) in [5.74, 6) is -4.89. The fourth-order valence-electron chi connectivity index (χ4n) is 3.71. The Morgan fingerprint density at radius 2 is 1.76 bits per heavy atom. The molecule has 2 unspecified atom stereocenters. The third-order valence-corrected chi connectivity index (χ3v) is 5.41. The Morgan fingerprint density at radius 1 is 1.14 bits per heavy atom. The van der Waals surface area contributed by atoms with Crippen LogP contribution in [0.1, 0.15) is 47.8 Å². The molecule has 0 saturated carbocycles. The molecular formula is C22H21F2NO4. The fourth-order valence-corrected chi connectivity index (χ4v) is 3.71. The van der Waals surface area contributed by atoms with Gasteiger partial charge in [0.2, 0.25) is 0 Å². The zero-order valence-electron chi connectivity index (χ0n) is 16.2. The van der Waals surface area contributed by atoms with Gasteiger partial charge in [-0.2, -0.15) is 0 Å². The van der Waals surface area contributed by atoms with Gasteiger partial charge in [-0.1, -0.05) is 20.3 Å². The molecule has 2 N–H and O–H groups in total. The number of carbonyl (C=O) groups excluding carboxylic acids is 1. The average molecular weight is 401 g/mol. The molecule has 5 nitrogen and oxygen atoms in total. The van der Waals surface area contributed by atoms with Crippen LogP contribution in [0, 0.1) is 24.5 Å². The molecule has 2 atom stereocenters. The molecule has 0 bridgehead atoms. The summed E-state index contributed by atoms with van der Waals surface area (Å²) in [5, 5.41) is 20.0. The number of carboxylic acids is 1. The van der Waals surface area contributed by atoms with E-state index in [1.54, 1.807) is 13.8 Å². The predicted molar refractivity (Wildman–Crippen MR) is 104 cm³/mol. The zero-order valence-corrected chi connectivity index (χ0v) is 16.2. The van der Waals surface area contributed by atoms with Crippen LogP contribution in [0.5, 0.6) is 5.75 Å². The van der Waals surface area contributed by atoms with Crippen LogP contribution < -0.4 is 0 Å². The first-order valence-corrected chi connectivity index (χ1v) is 9.23. The first kappa shape index (κ1) is 20.5. The number of aliphatic carboxylic acids is 1. The third-order valence-electron chi connectivity index (χ3n) is 5.41. The van der Waals surface area contributed by atoms with Gasteiger partial charge in [-0.25, -0.2) is 8.78 Å². The number of fused-ring (bicyclic) bond motifs is 1. The van der Waals surface area contributed by atoms with Gasteiger partial charge in [0, 0.05) is 22.7 Å². The van der Waals surface area contributed by atoms with Crippen molar-refractivity contribution in [3.63, 3.8) is 0 Å². The van der Waals surface area contributed by atoms with Gasteiger partial charge in [0.15, 0.2) is 11.6 Å². The fraction of sp³-hybridized carbons (Fsp3) is 0.273. The number of hydrogen-bond acceptors (Lipinski definition) is 3. The van der Waals surface area contributed by atoms with Crippen molar-refractivity contribution in [1.82, 2.24) is 4.57 Å². The van der Waals surface area contributed by atoms with Crippen molar-refractivity contribution < 1.29 is 28.6 Å². The van der Waals surface area contributed by atoms with Crippen molar-refractivity contribution in [2.45, 2.75) is 33.1 Å². The van der Waals surface area contributed by atoms with E-state index in [0.29, 0.717) is 23.1 Å². The van der Waals surface area contributed by atoms with Crippen molar-refractivity contribution in [1.29, 1.82) is 0 Å². The summed E-state index contributed by atoms with van der Waals surface area (Å²) in [6, 6.07) is 7.06.